The fourth-order valence-electron chi connectivity index (χ4n) is 1.66. The number of nitrogens with zero attached hydrogens (tertiary/aromatic N) is 1. The molecule has 0 aromatic heterocycles. The van der Waals surface area contributed by atoms with E-state index >= 15 is 0 Å². The van der Waals surface area contributed by atoms with Crippen LogP contribution < -0.4 is 0 Å². The van der Waals surface area contributed by atoms with Crippen molar-refractivity contribution < 1.29 is 23.9 Å². The maximum atomic E-state index is 12.0. The Labute approximate surface area is 120 Å². The van der Waals surface area contributed by atoms with Gasteiger partial charge in [-0.3, -0.25) is 14.4 Å². The van der Waals surface area contributed by atoms with Crippen molar-refractivity contribution in [2.24, 2.45) is 5.92 Å². The lowest BCUT2D eigenvalue weighted by Gasteiger charge is -2.23. The summed E-state index contributed by atoms with van der Waals surface area (Å²) in [5.74, 6) is -0.838. The molecule has 0 N–H and O–H groups in total. The third-order valence-corrected chi connectivity index (χ3v) is 2.41. The second kappa shape index (κ2) is 10.2. The summed E-state index contributed by atoms with van der Waals surface area (Å²) in [6.45, 7) is 8.30. The zero-order valence-electron chi connectivity index (χ0n) is 12.8. The van der Waals surface area contributed by atoms with Gasteiger partial charge in [-0.1, -0.05) is 13.8 Å². The maximum absolute atomic E-state index is 12.0. The third kappa shape index (κ3) is 8.50. The molecule has 0 rings (SSSR count). The van der Waals surface area contributed by atoms with Crippen LogP contribution in [0.3, 0.4) is 0 Å². The molecule has 6 heteroatoms. The van der Waals surface area contributed by atoms with Crippen LogP contribution in [0.4, 0.5) is 0 Å². The summed E-state index contributed by atoms with van der Waals surface area (Å²) in [6.07, 6.45) is 0.0784. The van der Waals surface area contributed by atoms with Gasteiger partial charge in [0, 0.05) is 13.0 Å². The normalized spacial score (nSPS) is 10.2. The van der Waals surface area contributed by atoms with Gasteiger partial charge in [0.1, 0.15) is 6.54 Å². The first-order valence-electron chi connectivity index (χ1n) is 6.99. The van der Waals surface area contributed by atoms with Gasteiger partial charge in [-0.2, -0.15) is 0 Å². The summed E-state index contributed by atoms with van der Waals surface area (Å²) >= 11 is 0. The van der Waals surface area contributed by atoms with E-state index in [0.29, 0.717) is 13.2 Å². The number of rotatable bonds is 9. The van der Waals surface area contributed by atoms with Gasteiger partial charge in [-0.05, 0) is 19.8 Å². The van der Waals surface area contributed by atoms with E-state index in [1.54, 1.807) is 13.8 Å². The van der Waals surface area contributed by atoms with Crippen molar-refractivity contribution in [3.8, 4) is 0 Å². The first-order chi connectivity index (χ1) is 9.40. The van der Waals surface area contributed by atoms with E-state index < -0.39 is 11.9 Å². The molecule has 0 heterocycles. The molecule has 0 aromatic rings. The highest BCUT2D eigenvalue weighted by atomic mass is 16.5. The maximum Gasteiger partial charge on any atom is 0.325 e. The number of carbonyl (C=O) groups is 3. The van der Waals surface area contributed by atoms with E-state index in [1.807, 2.05) is 13.8 Å². The molecule has 0 fully saturated rings. The predicted octanol–water partition coefficient (Wildman–Crippen LogP) is 1.38. The highest BCUT2D eigenvalue weighted by molar-refractivity contribution is 5.84. The molecule has 0 aliphatic heterocycles. The minimum Gasteiger partial charge on any atom is -0.466 e. The molecule has 0 atom stereocenters. The van der Waals surface area contributed by atoms with E-state index in [2.05, 4.69) is 0 Å². The summed E-state index contributed by atoms with van der Waals surface area (Å²) in [5.41, 5.74) is 0. The lowest BCUT2D eigenvalue weighted by Crippen LogP contribution is -2.39. The average molecular weight is 287 g/mol. The lowest BCUT2D eigenvalue weighted by atomic mass is 10.2. The highest BCUT2D eigenvalue weighted by Crippen LogP contribution is 2.05. The summed E-state index contributed by atoms with van der Waals surface area (Å²) in [7, 11) is 0. The van der Waals surface area contributed by atoms with Crippen LogP contribution in [0, 0.1) is 5.92 Å². The number of carbonyl (C=O) groups excluding carboxylic acids is 3. The van der Waals surface area contributed by atoms with Crippen LogP contribution in [0.2, 0.25) is 0 Å². The average Bonchev–Trinajstić information content (AvgIpc) is 2.35. The number of amides is 1. The monoisotopic (exact) mass is 287 g/mol. The molecule has 0 spiro atoms. The molecular formula is C14H25NO5. The van der Waals surface area contributed by atoms with Gasteiger partial charge >= 0.3 is 11.9 Å². The van der Waals surface area contributed by atoms with Crippen molar-refractivity contribution >= 4 is 17.8 Å². The lowest BCUT2D eigenvalue weighted by molar-refractivity contribution is -0.150. The zero-order chi connectivity index (χ0) is 15.5. The standard InChI is InChI=1S/C14H25NO5/c1-5-19-13(17)8-7-12(16)15(9-11(3)4)10-14(18)20-6-2/h11H,5-10H2,1-4H3. The van der Waals surface area contributed by atoms with Crippen molar-refractivity contribution in [1.29, 1.82) is 0 Å². The summed E-state index contributed by atoms with van der Waals surface area (Å²) in [4.78, 5) is 36.2. The molecule has 0 saturated carbocycles. The quantitative estimate of drug-likeness (QED) is 0.599. The second-order valence-electron chi connectivity index (χ2n) is 4.78. The van der Waals surface area contributed by atoms with Gasteiger partial charge in [0.2, 0.25) is 5.91 Å². The van der Waals surface area contributed by atoms with Gasteiger partial charge in [0.15, 0.2) is 0 Å². The summed E-state index contributed by atoms with van der Waals surface area (Å²) < 4.78 is 9.62. The molecule has 20 heavy (non-hydrogen) atoms. The Morgan fingerprint density at radius 3 is 2.00 bits per heavy atom. The van der Waals surface area contributed by atoms with Crippen molar-refractivity contribution in [2.75, 3.05) is 26.3 Å². The van der Waals surface area contributed by atoms with Crippen LogP contribution in [-0.2, 0) is 23.9 Å². The molecule has 0 aromatic carbocycles. The van der Waals surface area contributed by atoms with Crippen molar-refractivity contribution in [3.05, 3.63) is 0 Å². The minimum atomic E-state index is -0.433. The van der Waals surface area contributed by atoms with Crippen LogP contribution in [0.15, 0.2) is 0 Å². The third-order valence-electron chi connectivity index (χ3n) is 2.41. The van der Waals surface area contributed by atoms with Crippen LogP contribution in [0.1, 0.15) is 40.5 Å². The van der Waals surface area contributed by atoms with Gasteiger partial charge < -0.3 is 14.4 Å². The molecule has 0 aliphatic carbocycles. The van der Waals surface area contributed by atoms with Crippen LogP contribution in [0.25, 0.3) is 0 Å². The van der Waals surface area contributed by atoms with Gasteiger partial charge in [0.25, 0.3) is 0 Å². The Kier molecular flexibility index (Phi) is 9.41. The summed E-state index contributed by atoms with van der Waals surface area (Å²) in [5, 5.41) is 0. The minimum absolute atomic E-state index is 0.0318. The fraction of sp³-hybridized carbons (Fsp3) is 0.786. The Morgan fingerprint density at radius 2 is 1.50 bits per heavy atom. The van der Waals surface area contributed by atoms with Crippen molar-refractivity contribution in [3.63, 3.8) is 0 Å². The Hall–Kier alpha value is -1.59. The topological polar surface area (TPSA) is 72.9 Å². The molecule has 6 nitrogen and oxygen atoms in total. The molecule has 0 saturated heterocycles. The molecule has 0 radical (unpaired) electrons. The van der Waals surface area contributed by atoms with E-state index in [4.69, 9.17) is 9.47 Å². The Balaban J connectivity index is 4.40. The predicted molar refractivity (Wildman–Crippen MR) is 73.9 cm³/mol. The largest absolute Gasteiger partial charge is 0.466 e. The fourth-order valence-corrected chi connectivity index (χ4v) is 1.66. The number of esters is 2. The number of hydrogen-bond donors (Lipinski definition) is 0. The molecule has 116 valence electrons. The van der Waals surface area contributed by atoms with E-state index in [-0.39, 0.29) is 37.8 Å². The van der Waals surface area contributed by atoms with Crippen LogP contribution in [-0.4, -0.2) is 49.0 Å². The van der Waals surface area contributed by atoms with E-state index in [9.17, 15) is 14.4 Å². The molecule has 0 unspecified atom stereocenters. The number of ether oxygens (including phenoxy) is 2. The van der Waals surface area contributed by atoms with Crippen molar-refractivity contribution in [1.82, 2.24) is 4.90 Å². The molecular weight excluding hydrogens is 262 g/mol. The van der Waals surface area contributed by atoms with E-state index in [1.165, 1.54) is 4.90 Å². The Morgan fingerprint density at radius 1 is 0.950 bits per heavy atom. The van der Waals surface area contributed by atoms with Crippen molar-refractivity contribution in [2.45, 2.75) is 40.5 Å². The van der Waals surface area contributed by atoms with Gasteiger partial charge in [0.05, 0.1) is 19.6 Å². The van der Waals surface area contributed by atoms with Gasteiger partial charge in [-0.15, -0.1) is 0 Å². The zero-order valence-corrected chi connectivity index (χ0v) is 12.8. The van der Waals surface area contributed by atoms with Gasteiger partial charge in [-0.25, -0.2) is 0 Å². The molecule has 0 aliphatic rings. The highest BCUT2D eigenvalue weighted by Gasteiger charge is 2.19. The first-order valence-corrected chi connectivity index (χ1v) is 6.99. The van der Waals surface area contributed by atoms with Crippen LogP contribution >= 0.6 is 0 Å². The first kappa shape index (κ1) is 18.4. The van der Waals surface area contributed by atoms with Crippen LogP contribution in [0.5, 0.6) is 0 Å². The molecule has 1 amide bonds. The van der Waals surface area contributed by atoms with E-state index in [0.717, 1.165) is 0 Å². The molecule has 0 bridgehead atoms. The second-order valence-corrected chi connectivity index (χ2v) is 4.78. The SMILES string of the molecule is CCOC(=O)CCC(=O)N(CC(=O)OCC)CC(C)C. The number of hydrogen-bond acceptors (Lipinski definition) is 5. The summed E-state index contributed by atoms with van der Waals surface area (Å²) in [6, 6.07) is 0. The smallest absolute Gasteiger partial charge is 0.325 e. The Bertz CT molecular complexity index is 328.